The Hall–Kier alpha value is -1.48. The molecule has 134 valence electrons. The van der Waals surface area contributed by atoms with Gasteiger partial charge in [-0.25, -0.2) is 16.8 Å². The Bertz CT molecular complexity index is 963. The first-order chi connectivity index (χ1) is 11.8. The van der Waals surface area contributed by atoms with Crippen molar-refractivity contribution >= 4 is 31.5 Å². The molecule has 1 unspecified atom stereocenters. The molecule has 1 aromatic heterocycles. The zero-order valence-electron chi connectivity index (χ0n) is 13.2. The van der Waals surface area contributed by atoms with Gasteiger partial charge in [-0.3, -0.25) is 4.98 Å². The Kier molecular flexibility index (Phi) is 5.15. The fraction of sp³-hybridized carbons (Fsp3) is 0.312. The number of benzene rings is 1. The molecule has 6 nitrogen and oxygen atoms in total. The van der Waals surface area contributed by atoms with E-state index in [4.69, 9.17) is 11.6 Å². The maximum Gasteiger partial charge on any atom is 0.244 e. The van der Waals surface area contributed by atoms with E-state index in [0.717, 1.165) is 0 Å². The van der Waals surface area contributed by atoms with Crippen molar-refractivity contribution in [2.45, 2.75) is 16.6 Å². The van der Waals surface area contributed by atoms with Gasteiger partial charge in [-0.2, -0.15) is 4.31 Å². The van der Waals surface area contributed by atoms with Crippen molar-refractivity contribution in [3.8, 4) is 0 Å². The summed E-state index contributed by atoms with van der Waals surface area (Å²) in [7, 11) is -7.30. The van der Waals surface area contributed by atoms with Gasteiger partial charge in [-0.1, -0.05) is 29.8 Å². The highest BCUT2D eigenvalue weighted by atomic mass is 35.5. The number of sulfone groups is 1. The highest BCUT2D eigenvalue weighted by Gasteiger charge is 2.36. The van der Waals surface area contributed by atoms with E-state index >= 15 is 0 Å². The zero-order chi connectivity index (χ0) is 18.1. The molecule has 0 aliphatic carbocycles. The summed E-state index contributed by atoms with van der Waals surface area (Å²) >= 11 is 6.16. The van der Waals surface area contributed by atoms with Crippen molar-refractivity contribution in [2.75, 3.05) is 18.8 Å². The van der Waals surface area contributed by atoms with Gasteiger partial charge in [0.25, 0.3) is 0 Å². The summed E-state index contributed by atoms with van der Waals surface area (Å²) < 4.78 is 52.0. The highest BCUT2D eigenvalue weighted by molar-refractivity contribution is 7.92. The maximum atomic E-state index is 12.7. The zero-order valence-corrected chi connectivity index (χ0v) is 15.6. The van der Waals surface area contributed by atoms with Crippen LogP contribution in [0.3, 0.4) is 0 Å². The highest BCUT2D eigenvalue weighted by Crippen LogP contribution is 2.34. The fourth-order valence-electron chi connectivity index (χ4n) is 2.90. The Balaban J connectivity index is 1.92. The molecule has 0 spiro atoms. The molecule has 2 aromatic rings. The molecule has 0 N–H and O–H groups in total. The molecule has 1 aromatic carbocycles. The van der Waals surface area contributed by atoms with Crippen LogP contribution in [0.5, 0.6) is 0 Å². The number of hydrogen-bond acceptors (Lipinski definition) is 5. The lowest BCUT2D eigenvalue weighted by Crippen LogP contribution is -2.33. The largest absolute Gasteiger partial charge is 0.263 e. The van der Waals surface area contributed by atoms with E-state index in [1.54, 1.807) is 24.3 Å². The van der Waals surface area contributed by atoms with E-state index in [2.05, 4.69) is 4.98 Å². The molecule has 1 aliphatic rings. The third kappa shape index (κ3) is 3.72. The SMILES string of the molecule is O=S1(=O)CCN(S(=O)(=O)c2cccnc2)CCC1c1ccccc1Cl. The number of aromatic nitrogens is 1. The minimum Gasteiger partial charge on any atom is -0.263 e. The van der Waals surface area contributed by atoms with Crippen LogP contribution in [0.1, 0.15) is 17.2 Å². The lowest BCUT2D eigenvalue weighted by Gasteiger charge is -2.19. The normalized spacial score (nSPS) is 21.6. The van der Waals surface area contributed by atoms with Crippen molar-refractivity contribution < 1.29 is 16.8 Å². The van der Waals surface area contributed by atoms with Crippen LogP contribution in [0.15, 0.2) is 53.7 Å². The van der Waals surface area contributed by atoms with Gasteiger partial charge < -0.3 is 0 Å². The van der Waals surface area contributed by atoms with E-state index in [1.807, 2.05) is 0 Å². The Labute approximate surface area is 152 Å². The van der Waals surface area contributed by atoms with Crippen molar-refractivity contribution in [1.82, 2.24) is 9.29 Å². The summed E-state index contributed by atoms with van der Waals surface area (Å²) in [5.74, 6) is -0.248. The molecule has 0 amide bonds. The minimum absolute atomic E-state index is 0.0589. The molecule has 1 fully saturated rings. The smallest absolute Gasteiger partial charge is 0.244 e. The quantitative estimate of drug-likeness (QED) is 0.789. The maximum absolute atomic E-state index is 12.7. The monoisotopic (exact) mass is 400 g/mol. The first-order valence-electron chi connectivity index (χ1n) is 7.68. The fourth-order valence-corrected chi connectivity index (χ4v) is 6.58. The summed E-state index contributed by atoms with van der Waals surface area (Å²) in [6.07, 6.45) is 2.91. The number of nitrogens with zero attached hydrogens (tertiary/aromatic N) is 2. The van der Waals surface area contributed by atoms with Gasteiger partial charge in [0.2, 0.25) is 10.0 Å². The summed E-state index contributed by atoms with van der Waals surface area (Å²) in [4.78, 5) is 3.89. The molecule has 3 rings (SSSR count). The van der Waals surface area contributed by atoms with Crippen LogP contribution in [0.25, 0.3) is 0 Å². The van der Waals surface area contributed by atoms with Crippen LogP contribution < -0.4 is 0 Å². The number of sulfonamides is 1. The van der Waals surface area contributed by atoms with Crippen molar-refractivity contribution in [3.05, 3.63) is 59.4 Å². The molecular formula is C16H17ClN2O4S2. The average molecular weight is 401 g/mol. The molecule has 9 heteroatoms. The Morgan fingerprint density at radius 3 is 2.56 bits per heavy atom. The molecular weight excluding hydrogens is 384 g/mol. The van der Waals surface area contributed by atoms with Crippen LogP contribution >= 0.6 is 11.6 Å². The molecule has 0 bridgehead atoms. The third-order valence-electron chi connectivity index (χ3n) is 4.22. The summed E-state index contributed by atoms with van der Waals surface area (Å²) in [6.45, 7) is 0.0207. The molecule has 0 saturated carbocycles. The molecule has 1 aliphatic heterocycles. The van der Waals surface area contributed by atoms with Gasteiger partial charge in [0, 0.05) is 30.5 Å². The first kappa shape index (κ1) is 18.3. The van der Waals surface area contributed by atoms with Gasteiger partial charge in [0.15, 0.2) is 9.84 Å². The standard InChI is InChI=1S/C16H17ClN2O4S2/c17-15-6-2-1-5-14(15)16-7-9-19(10-11-24(16,20)21)25(22,23)13-4-3-8-18-12-13/h1-6,8,12,16H,7,9-11H2. The van der Waals surface area contributed by atoms with E-state index in [-0.39, 0.29) is 30.2 Å². The second kappa shape index (κ2) is 7.03. The molecule has 1 atom stereocenters. The van der Waals surface area contributed by atoms with Crippen LogP contribution in [0.4, 0.5) is 0 Å². The van der Waals surface area contributed by atoms with Crippen molar-refractivity contribution in [1.29, 1.82) is 0 Å². The van der Waals surface area contributed by atoms with Crippen LogP contribution in [-0.2, 0) is 19.9 Å². The van der Waals surface area contributed by atoms with Gasteiger partial charge >= 0.3 is 0 Å². The predicted octanol–water partition coefficient (Wildman–Crippen LogP) is 2.29. The second-order valence-electron chi connectivity index (χ2n) is 5.76. The molecule has 2 heterocycles. The van der Waals surface area contributed by atoms with Crippen molar-refractivity contribution in [3.63, 3.8) is 0 Å². The first-order valence-corrected chi connectivity index (χ1v) is 11.2. The second-order valence-corrected chi connectivity index (χ2v) is 10.4. The van der Waals surface area contributed by atoms with E-state index in [9.17, 15) is 16.8 Å². The van der Waals surface area contributed by atoms with Gasteiger partial charge in [0.05, 0.1) is 11.0 Å². The lowest BCUT2D eigenvalue weighted by molar-refractivity contribution is 0.428. The summed E-state index contributed by atoms with van der Waals surface area (Å²) in [6, 6.07) is 9.76. The van der Waals surface area contributed by atoms with E-state index < -0.39 is 25.1 Å². The van der Waals surface area contributed by atoms with Crippen LogP contribution in [-0.4, -0.2) is 45.0 Å². The number of rotatable bonds is 3. The van der Waals surface area contributed by atoms with E-state index in [1.165, 1.54) is 28.8 Å². The molecule has 25 heavy (non-hydrogen) atoms. The Morgan fingerprint density at radius 2 is 1.88 bits per heavy atom. The summed E-state index contributed by atoms with van der Waals surface area (Å²) in [5, 5.41) is -0.435. The topological polar surface area (TPSA) is 84.4 Å². The van der Waals surface area contributed by atoms with Crippen molar-refractivity contribution in [2.24, 2.45) is 0 Å². The molecule has 1 saturated heterocycles. The predicted molar refractivity (Wildman–Crippen MR) is 95.6 cm³/mol. The third-order valence-corrected chi connectivity index (χ3v) is 8.56. The van der Waals surface area contributed by atoms with Crippen LogP contribution in [0, 0.1) is 0 Å². The number of pyridine rings is 1. The van der Waals surface area contributed by atoms with Gasteiger partial charge in [0.1, 0.15) is 4.90 Å². The van der Waals surface area contributed by atoms with E-state index in [0.29, 0.717) is 10.6 Å². The number of halogens is 1. The molecule has 0 radical (unpaired) electrons. The summed E-state index contributed by atoms with van der Waals surface area (Å²) in [5.41, 5.74) is 0.518. The minimum atomic E-state index is -3.78. The van der Waals surface area contributed by atoms with Crippen LogP contribution in [0.2, 0.25) is 5.02 Å². The van der Waals surface area contributed by atoms with Gasteiger partial charge in [-0.15, -0.1) is 0 Å². The van der Waals surface area contributed by atoms with Gasteiger partial charge in [-0.05, 0) is 30.2 Å². The number of hydrogen-bond donors (Lipinski definition) is 0. The lowest BCUT2D eigenvalue weighted by atomic mass is 10.1. The Morgan fingerprint density at radius 1 is 1.12 bits per heavy atom. The average Bonchev–Trinajstić information content (AvgIpc) is 2.75.